The van der Waals surface area contributed by atoms with Crippen LogP contribution in [0.3, 0.4) is 0 Å². The van der Waals surface area contributed by atoms with Crippen LogP contribution < -0.4 is 4.74 Å². The molecule has 1 unspecified atom stereocenters. The largest absolute Gasteiger partial charge is 0.491 e. The fourth-order valence-corrected chi connectivity index (χ4v) is 2.34. The lowest BCUT2D eigenvalue weighted by Gasteiger charge is -2.35. The van der Waals surface area contributed by atoms with Crippen LogP contribution in [-0.4, -0.2) is 48.5 Å². The Morgan fingerprint density at radius 2 is 2.00 bits per heavy atom. The molecule has 1 aromatic rings. The zero-order valence-electron chi connectivity index (χ0n) is 12.6. The van der Waals surface area contributed by atoms with Gasteiger partial charge in [-0.05, 0) is 38.5 Å². The molecule has 1 aliphatic rings. The molecule has 4 heteroatoms. The average Bonchev–Trinajstić information content (AvgIpc) is 2.46. The van der Waals surface area contributed by atoms with E-state index in [0.29, 0.717) is 12.6 Å². The first kappa shape index (κ1) is 15.3. The minimum absolute atomic E-state index is 0.127. The van der Waals surface area contributed by atoms with E-state index < -0.39 is 6.10 Å². The number of aliphatic hydroxyl groups is 1. The number of nitrogens with zero attached hydrogens (tertiary/aromatic N) is 1. The molecule has 20 heavy (non-hydrogen) atoms. The second-order valence-electron chi connectivity index (χ2n) is 5.64. The number of hydrogen-bond acceptors (Lipinski definition) is 4. The van der Waals surface area contributed by atoms with Gasteiger partial charge in [-0.25, -0.2) is 0 Å². The van der Waals surface area contributed by atoms with E-state index >= 15 is 0 Å². The van der Waals surface area contributed by atoms with Gasteiger partial charge in [0.2, 0.25) is 0 Å². The lowest BCUT2D eigenvalue weighted by Crippen LogP contribution is -2.47. The molecule has 0 aromatic heterocycles. The topological polar surface area (TPSA) is 41.9 Å². The summed E-state index contributed by atoms with van der Waals surface area (Å²) in [6.07, 6.45) is -0.312. The van der Waals surface area contributed by atoms with Crippen molar-refractivity contribution < 1.29 is 14.6 Å². The van der Waals surface area contributed by atoms with Gasteiger partial charge in [0.15, 0.2) is 0 Å². The first-order valence-corrected chi connectivity index (χ1v) is 7.32. The maximum absolute atomic E-state index is 9.46. The first-order valence-electron chi connectivity index (χ1n) is 7.32. The number of ether oxygens (including phenoxy) is 2. The van der Waals surface area contributed by atoms with Crippen LogP contribution in [0.1, 0.15) is 32.4 Å². The predicted molar refractivity (Wildman–Crippen MR) is 79.0 cm³/mol. The summed E-state index contributed by atoms with van der Waals surface area (Å²) in [6.45, 7) is 9.42. The van der Waals surface area contributed by atoms with Crippen molar-refractivity contribution in [1.82, 2.24) is 4.90 Å². The standard InChI is InChI=1S/C16H25NO3/c1-12(2)17-8-9-19-16(10-17)11-20-15-6-4-14(5-7-15)13(3)18/h4-7,12-13,16,18H,8-11H2,1-3H3/t13-,16?/m0/s1. The van der Waals surface area contributed by atoms with Crippen molar-refractivity contribution in [3.63, 3.8) is 0 Å². The van der Waals surface area contributed by atoms with Crippen molar-refractivity contribution in [2.24, 2.45) is 0 Å². The van der Waals surface area contributed by atoms with Gasteiger partial charge < -0.3 is 14.6 Å². The summed E-state index contributed by atoms with van der Waals surface area (Å²) in [4.78, 5) is 2.41. The smallest absolute Gasteiger partial charge is 0.119 e. The molecule has 1 N–H and O–H groups in total. The van der Waals surface area contributed by atoms with Crippen molar-refractivity contribution in [1.29, 1.82) is 0 Å². The fourth-order valence-electron chi connectivity index (χ4n) is 2.34. The number of morpholine rings is 1. The molecule has 1 saturated heterocycles. The third-order valence-electron chi connectivity index (χ3n) is 3.70. The lowest BCUT2D eigenvalue weighted by atomic mass is 10.1. The average molecular weight is 279 g/mol. The molecule has 0 aliphatic carbocycles. The maximum atomic E-state index is 9.46. The van der Waals surface area contributed by atoms with Gasteiger partial charge in [0.05, 0.1) is 12.7 Å². The summed E-state index contributed by atoms with van der Waals surface area (Å²) < 4.78 is 11.5. The van der Waals surface area contributed by atoms with Crippen LogP contribution in [0.5, 0.6) is 5.75 Å². The van der Waals surface area contributed by atoms with Crippen molar-refractivity contribution in [2.75, 3.05) is 26.3 Å². The Labute approximate surface area is 121 Å². The molecule has 0 spiro atoms. The molecule has 1 heterocycles. The van der Waals surface area contributed by atoms with Gasteiger partial charge in [0.25, 0.3) is 0 Å². The van der Waals surface area contributed by atoms with Crippen molar-refractivity contribution in [2.45, 2.75) is 39.0 Å². The van der Waals surface area contributed by atoms with Gasteiger partial charge in [-0.2, -0.15) is 0 Å². The number of hydrogen-bond donors (Lipinski definition) is 1. The van der Waals surface area contributed by atoms with Crippen LogP contribution in [0, 0.1) is 0 Å². The Bertz CT molecular complexity index is 403. The van der Waals surface area contributed by atoms with Gasteiger partial charge in [0, 0.05) is 19.1 Å². The highest BCUT2D eigenvalue weighted by Gasteiger charge is 2.22. The van der Waals surface area contributed by atoms with Crippen LogP contribution in [0.15, 0.2) is 24.3 Å². The Balaban J connectivity index is 1.82. The Morgan fingerprint density at radius 3 is 2.60 bits per heavy atom. The summed E-state index contributed by atoms with van der Waals surface area (Å²) in [5.41, 5.74) is 0.900. The molecule has 0 radical (unpaired) electrons. The minimum Gasteiger partial charge on any atom is -0.491 e. The van der Waals surface area contributed by atoms with E-state index in [0.717, 1.165) is 31.0 Å². The van der Waals surface area contributed by atoms with Crippen molar-refractivity contribution >= 4 is 0 Å². The Kier molecular flexibility index (Phi) is 5.40. The third-order valence-corrected chi connectivity index (χ3v) is 3.70. The van der Waals surface area contributed by atoms with E-state index in [1.165, 1.54) is 0 Å². The molecule has 1 fully saturated rings. The summed E-state index contributed by atoms with van der Waals surface area (Å²) in [5, 5.41) is 9.46. The van der Waals surface area contributed by atoms with E-state index in [1.807, 2.05) is 24.3 Å². The van der Waals surface area contributed by atoms with Gasteiger partial charge in [0.1, 0.15) is 18.5 Å². The Morgan fingerprint density at radius 1 is 1.30 bits per heavy atom. The normalized spacial score (nSPS) is 21.9. The minimum atomic E-state index is -0.440. The monoisotopic (exact) mass is 279 g/mol. The van der Waals surface area contributed by atoms with Crippen molar-refractivity contribution in [3.8, 4) is 5.75 Å². The van der Waals surface area contributed by atoms with E-state index in [2.05, 4.69) is 18.7 Å². The van der Waals surface area contributed by atoms with Crippen LogP contribution in [0.25, 0.3) is 0 Å². The molecular weight excluding hydrogens is 254 g/mol. The molecule has 0 saturated carbocycles. The quantitative estimate of drug-likeness (QED) is 0.897. The summed E-state index contributed by atoms with van der Waals surface area (Å²) >= 11 is 0. The predicted octanol–water partition coefficient (Wildman–Crippen LogP) is 2.23. The van der Waals surface area contributed by atoms with Gasteiger partial charge in [-0.15, -0.1) is 0 Å². The molecule has 1 aromatic carbocycles. The molecule has 4 nitrogen and oxygen atoms in total. The molecule has 2 rings (SSSR count). The molecule has 112 valence electrons. The maximum Gasteiger partial charge on any atom is 0.119 e. The van der Waals surface area contributed by atoms with Crippen molar-refractivity contribution in [3.05, 3.63) is 29.8 Å². The van der Waals surface area contributed by atoms with Gasteiger partial charge in [-0.3, -0.25) is 4.90 Å². The fraction of sp³-hybridized carbons (Fsp3) is 0.625. The van der Waals surface area contributed by atoms with Crippen LogP contribution in [0.2, 0.25) is 0 Å². The second-order valence-corrected chi connectivity index (χ2v) is 5.64. The molecule has 2 atom stereocenters. The highest BCUT2D eigenvalue weighted by molar-refractivity contribution is 5.28. The van der Waals surface area contributed by atoms with E-state index in [-0.39, 0.29) is 6.10 Å². The van der Waals surface area contributed by atoms with Gasteiger partial charge >= 0.3 is 0 Å². The van der Waals surface area contributed by atoms with Crippen LogP contribution >= 0.6 is 0 Å². The summed E-state index contributed by atoms with van der Waals surface area (Å²) in [6, 6.07) is 8.12. The van der Waals surface area contributed by atoms with E-state index in [4.69, 9.17) is 9.47 Å². The zero-order chi connectivity index (χ0) is 14.5. The summed E-state index contributed by atoms with van der Waals surface area (Å²) in [7, 11) is 0. The second kappa shape index (κ2) is 7.07. The first-order chi connectivity index (χ1) is 9.56. The molecular formula is C16H25NO3. The third kappa shape index (κ3) is 4.20. The van der Waals surface area contributed by atoms with Crippen LogP contribution in [-0.2, 0) is 4.74 Å². The highest BCUT2D eigenvalue weighted by Crippen LogP contribution is 2.18. The number of benzene rings is 1. The Hall–Kier alpha value is -1.10. The molecule has 1 aliphatic heterocycles. The molecule has 0 amide bonds. The SMILES string of the molecule is CC(C)N1CCOC(COc2ccc([C@H](C)O)cc2)C1. The van der Waals surface area contributed by atoms with Crippen LogP contribution in [0.4, 0.5) is 0 Å². The lowest BCUT2D eigenvalue weighted by molar-refractivity contribution is -0.0564. The highest BCUT2D eigenvalue weighted by atomic mass is 16.5. The number of rotatable bonds is 5. The van der Waals surface area contributed by atoms with E-state index in [1.54, 1.807) is 6.92 Å². The van der Waals surface area contributed by atoms with E-state index in [9.17, 15) is 5.11 Å². The number of aliphatic hydroxyl groups excluding tert-OH is 1. The van der Waals surface area contributed by atoms with Gasteiger partial charge in [-0.1, -0.05) is 12.1 Å². The molecule has 0 bridgehead atoms. The summed E-state index contributed by atoms with van der Waals surface area (Å²) in [5.74, 6) is 0.819. The zero-order valence-corrected chi connectivity index (χ0v) is 12.6.